The van der Waals surface area contributed by atoms with E-state index in [0.29, 0.717) is 24.6 Å². The smallest absolute Gasteiger partial charge is 0.339 e. The maximum atomic E-state index is 13.0. The summed E-state index contributed by atoms with van der Waals surface area (Å²) in [5.41, 5.74) is 0.287. The fourth-order valence-corrected chi connectivity index (χ4v) is 5.39. The first kappa shape index (κ1) is 27.8. The molecule has 9 nitrogen and oxygen atoms in total. The Morgan fingerprint density at radius 2 is 1.69 bits per heavy atom. The topological polar surface area (TPSA) is 111 Å². The Hall–Kier alpha value is -2.82. The highest BCUT2D eigenvalue weighted by Gasteiger charge is 2.27. The van der Waals surface area contributed by atoms with Crippen LogP contribution in [0.1, 0.15) is 50.4 Å². The largest absolute Gasteiger partial charge is 0.493 e. The van der Waals surface area contributed by atoms with Gasteiger partial charge in [0.1, 0.15) is 0 Å². The molecule has 2 aromatic rings. The van der Waals surface area contributed by atoms with E-state index >= 15 is 0 Å². The number of esters is 1. The van der Waals surface area contributed by atoms with Crippen LogP contribution in [0.25, 0.3) is 0 Å². The molecule has 11 heteroatoms. The van der Waals surface area contributed by atoms with E-state index in [1.165, 1.54) is 48.7 Å². The summed E-state index contributed by atoms with van der Waals surface area (Å²) in [6.45, 7) is 6.05. The van der Waals surface area contributed by atoms with E-state index in [2.05, 4.69) is 5.32 Å². The first-order chi connectivity index (χ1) is 17.0. The number of ether oxygens (including phenoxy) is 3. The molecule has 1 heterocycles. The van der Waals surface area contributed by atoms with Crippen LogP contribution in [0.4, 0.5) is 5.69 Å². The molecule has 1 N–H and O–H groups in total. The molecule has 0 radical (unpaired) electrons. The van der Waals surface area contributed by atoms with Crippen molar-refractivity contribution in [2.75, 3.05) is 25.5 Å². The Bertz CT molecular complexity index is 1210. The molecule has 36 heavy (non-hydrogen) atoms. The summed E-state index contributed by atoms with van der Waals surface area (Å²) in [6.07, 6.45) is 1.33. The van der Waals surface area contributed by atoms with Crippen LogP contribution in [0.3, 0.4) is 0 Å². The maximum Gasteiger partial charge on any atom is 0.339 e. The fourth-order valence-electron chi connectivity index (χ4n) is 3.68. The highest BCUT2D eigenvalue weighted by atomic mass is 35.5. The standard InChI is InChI=1S/C25H31ClN2O7S/c1-16(2)34-22-11-8-18(14-23(22)33-4)25(30)35-17(3)24(29)27-21-15-19(9-10-20(21)26)36(31,32)28-12-6-5-7-13-28/h8-11,14-17H,5-7,12-13H2,1-4H3,(H,27,29). The van der Waals surface area contributed by atoms with Gasteiger partial charge < -0.3 is 19.5 Å². The molecule has 0 aromatic heterocycles. The predicted octanol–water partition coefficient (Wildman–Crippen LogP) is 4.49. The van der Waals surface area contributed by atoms with Gasteiger partial charge in [-0.15, -0.1) is 0 Å². The molecule has 196 valence electrons. The van der Waals surface area contributed by atoms with Crippen molar-refractivity contribution in [2.24, 2.45) is 0 Å². The van der Waals surface area contributed by atoms with Gasteiger partial charge in [0.25, 0.3) is 5.91 Å². The van der Waals surface area contributed by atoms with Crippen molar-refractivity contribution in [3.05, 3.63) is 47.0 Å². The molecule has 1 unspecified atom stereocenters. The van der Waals surface area contributed by atoms with Crippen molar-refractivity contribution in [3.8, 4) is 11.5 Å². The van der Waals surface area contributed by atoms with Crippen LogP contribution in [0, 0.1) is 0 Å². The first-order valence-corrected chi connectivity index (χ1v) is 13.5. The Kier molecular flexibility index (Phi) is 9.21. The van der Waals surface area contributed by atoms with Gasteiger partial charge in [0.2, 0.25) is 10.0 Å². The fraction of sp³-hybridized carbons (Fsp3) is 0.440. The molecule has 1 atom stereocenters. The molecule has 3 rings (SSSR count). The lowest BCUT2D eigenvalue weighted by Gasteiger charge is -2.26. The number of piperidine rings is 1. The van der Waals surface area contributed by atoms with Crippen molar-refractivity contribution in [1.82, 2.24) is 4.31 Å². The molecule has 1 aliphatic heterocycles. The van der Waals surface area contributed by atoms with E-state index in [1.807, 2.05) is 13.8 Å². The number of hydrogen-bond donors (Lipinski definition) is 1. The second kappa shape index (κ2) is 11.9. The van der Waals surface area contributed by atoms with Gasteiger partial charge in [-0.25, -0.2) is 13.2 Å². The molecule has 0 saturated carbocycles. The Morgan fingerprint density at radius 1 is 1.00 bits per heavy atom. The Morgan fingerprint density at radius 3 is 2.33 bits per heavy atom. The van der Waals surface area contributed by atoms with Crippen LogP contribution in [0.2, 0.25) is 5.02 Å². The summed E-state index contributed by atoms with van der Waals surface area (Å²) in [4.78, 5) is 25.4. The number of rotatable bonds is 9. The highest BCUT2D eigenvalue weighted by Crippen LogP contribution is 2.30. The minimum Gasteiger partial charge on any atom is -0.493 e. The van der Waals surface area contributed by atoms with Crippen LogP contribution in [0.15, 0.2) is 41.3 Å². The van der Waals surface area contributed by atoms with Gasteiger partial charge in [0.15, 0.2) is 17.6 Å². The first-order valence-electron chi connectivity index (χ1n) is 11.7. The van der Waals surface area contributed by atoms with E-state index in [-0.39, 0.29) is 27.3 Å². The second-order valence-corrected chi connectivity index (χ2v) is 11.0. The number of halogens is 1. The number of carbonyl (C=O) groups is 2. The van der Waals surface area contributed by atoms with E-state index in [0.717, 1.165) is 19.3 Å². The lowest BCUT2D eigenvalue weighted by molar-refractivity contribution is -0.123. The molecule has 1 amide bonds. The van der Waals surface area contributed by atoms with Crippen LogP contribution < -0.4 is 14.8 Å². The number of benzene rings is 2. The lowest BCUT2D eigenvalue weighted by atomic mass is 10.2. The SMILES string of the molecule is COc1cc(C(=O)OC(C)C(=O)Nc2cc(S(=O)(=O)N3CCCCC3)ccc2Cl)ccc1OC(C)C. The predicted molar refractivity (Wildman–Crippen MR) is 136 cm³/mol. The zero-order chi connectivity index (χ0) is 26.5. The van der Waals surface area contributed by atoms with Crippen molar-refractivity contribution in [1.29, 1.82) is 0 Å². The normalized spacial score (nSPS) is 15.3. The van der Waals surface area contributed by atoms with E-state index < -0.39 is 28.0 Å². The number of nitrogens with zero attached hydrogens (tertiary/aromatic N) is 1. The van der Waals surface area contributed by atoms with Gasteiger partial charge in [-0.05, 0) is 70.0 Å². The average molecular weight is 539 g/mol. The third kappa shape index (κ3) is 6.68. The maximum absolute atomic E-state index is 13.0. The zero-order valence-electron chi connectivity index (χ0n) is 20.7. The second-order valence-electron chi connectivity index (χ2n) is 8.68. The van der Waals surface area contributed by atoms with Crippen LogP contribution >= 0.6 is 11.6 Å². The number of hydrogen-bond acceptors (Lipinski definition) is 7. The van der Waals surface area contributed by atoms with E-state index in [9.17, 15) is 18.0 Å². The van der Waals surface area contributed by atoms with Crippen LogP contribution in [-0.4, -0.2) is 57.0 Å². The third-order valence-electron chi connectivity index (χ3n) is 5.56. The molecular formula is C25H31ClN2O7S. The summed E-state index contributed by atoms with van der Waals surface area (Å²) in [5, 5.41) is 2.72. The van der Waals surface area contributed by atoms with Gasteiger partial charge >= 0.3 is 5.97 Å². The average Bonchev–Trinajstić information content (AvgIpc) is 2.85. The zero-order valence-corrected chi connectivity index (χ0v) is 22.3. The number of carbonyl (C=O) groups excluding carboxylic acids is 2. The molecule has 0 bridgehead atoms. The summed E-state index contributed by atoms with van der Waals surface area (Å²) < 4.78 is 43.6. The molecule has 1 aliphatic rings. The van der Waals surface area contributed by atoms with Gasteiger partial charge in [0, 0.05) is 13.1 Å². The van der Waals surface area contributed by atoms with Crippen molar-refractivity contribution < 1.29 is 32.2 Å². The molecule has 1 saturated heterocycles. The van der Waals surface area contributed by atoms with Crippen molar-refractivity contribution >= 4 is 39.2 Å². The Labute approximate surface area is 216 Å². The number of sulfonamides is 1. The highest BCUT2D eigenvalue weighted by molar-refractivity contribution is 7.89. The number of nitrogens with one attached hydrogen (secondary N) is 1. The molecule has 0 spiro atoms. The molecular weight excluding hydrogens is 508 g/mol. The minimum atomic E-state index is -3.71. The van der Waals surface area contributed by atoms with Crippen LogP contribution in [0.5, 0.6) is 11.5 Å². The van der Waals surface area contributed by atoms with Gasteiger partial charge in [0.05, 0.1) is 34.4 Å². The number of methoxy groups -OCH3 is 1. The Balaban J connectivity index is 1.70. The summed E-state index contributed by atoms with van der Waals surface area (Å²) in [7, 11) is -2.26. The van der Waals surface area contributed by atoms with Gasteiger partial charge in [-0.2, -0.15) is 4.31 Å². The summed E-state index contributed by atoms with van der Waals surface area (Å²) in [5.74, 6) is -0.568. The number of anilines is 1. The molecule has 1 fully saturated rings. The summed E-state index contributed by atoms with van der Waals surface area (Å²) >= 11 is 6.21. The van der Waals surface area contributed by atoms with Crippen molar-refractivity contribution in [3.63, 3.8) is 0 Å². The van der Waals surface area contributed by atoms with Gasteiger partial charge in [-0.1, -0.05) is 18.0 Å². The third-order valence-corrected chi connectivity index (χ3v) is 7.79. The molecule has 2 aromatic carbocycles. The minimum absolute atomic E-state index is 0.0320. The summed E-state index contributed by atoms with van der Waals surface area (Å²) in [6, 6.07) is 8.71. The lowest BCUT2D eigenvalue weighted by Crippen LogP contribution is -2.35. The van der Waals surface area contributed by atoms with E-state index in [1.54, 1.807) is 6.07 Å². The van der Waals surface area contributed by atoms with Crippen molar-refractivity contribution in [2.45, 2.75) is 57.1 Å². The van der Waals surface area contributed by atoms with Crippen LogP contribution in [-0.2, 0) is 19.6 Å². The monoisotopic (exact) mass is 538 g/mol. The number of amides is 1. The molecule has 0 aliphatic carbocycles. The quantitative estimate of drug-likeness (QED) is 0.468. The van der Waals surface area contributed by atoms with E-state index in [4.69, 9.17) is 25.8 Å². The van der Waals surface area contributed by atoms with Gasteiger partial charge in [-0.3, -0.25) is 4.79 Å².